The average molecular weight is 409 g/mol. The second kappa shape index (κ2) is 7.80. The minimum atomic E-state index is -1.18. The smallest absolute Gasteiger partial charge is 0.293 e. The zero-order chi connectivity index (χ0) is 21.3. The molecule has 0 aromatic heterocycles. The van der Waals surface area contributed by atoms with E-state index in [-0.39, 0.29) is 11.8 Å². The molecule has 0 saturated heterocycles. The molecule has 4 aromatic rings. The van der Waals surface area contributed by atoms with Crippen molar-refractivity contribution in [3.05, 3.63) is 120 Å². The highest BCUT2D eigenvalue weighted by molar-refractivity contribution is 6.09. The Morgan fingerprint density at radius 3 is 2.29 bits per heavy atom. The van der Waals surface area contributed by atoms with Crippen LogP contribution in [0.5, 0.6) is 0 Å². The summed E-state index contributed by atoms with van der Waals surface area (Å²) in [5, 5.41) is 2.24. The van der Waals surface area contributed by atoms with Crippen molar-refractivity contribution in [3.8, 4) is 0 Å². The molecule has 0 aliphatic carbocycles. The fourth-order valence-electron chi connectivity index (χ4n) is 4.08. The molecule has 31 heavy (non-hydrogen) atoms. The first-order valence-corrected chi connectivity index (χ1v) is 10.2. The van der Waals surface area contributed by atoms with Gasteiger partial charge in [-0.1, -0.05) is 78.9 Å². The van der Waals surface area contributed by atoms with Gasteiger partial charge >= 0.3 is 0 Å². The fourth-order valence-corrected chi connectivity index (χ4v) is 4.08. The molecule has 0 bridgehead atoms. The number of ether oxygens (including phenoxy) is 1. The number of rotatable bonds is 5. The SMILES string of the molecule is O=C1N=C(c2cccc(F)c2)O[C@@]1(Cc1ccccc1)Cc1ccc2ccccc2c1. The topological polar surface area (TPSA) is 38.7 Å². The lowest BCUT2D eigenvalue weighted by Gasteiger charge is -2.27. The van der Waals surface area contributed by atoms with Crippen LogP contribution in [-0.2, 0) is 22.4 Å². The van der Waals surface area contributed by atoms with Crippen molar-refractivity contribution in [2.24, 2.45) is 4.99 Å². The molecular weight excluding hydrogens is 389 g/mol. The zero-order valence-electron chi connectivity index (χ0n) is 16.8. The molecule has 1 aliphatic rings. The number of hydrogen-bond acceptors (Lipinski definition) is 2. The standard InChI is InChI=1S/C27H20FNO2/c28-24-12-6-11-23(16-24)25-29-26(30)27(31-25,17-19-7-2-1-3-8-19)18-20-13-14-21-9-4-5-10-22(21)15-20/h1-16H,17-18H2/t27-/m0/s1. The van der Waals surface area contributed by atoms with Crippen LogP contribution in [0.4, 0.5) is 4.39 Å². The first-order chi connectivity index (χ1) is 15.1. The zero-order valence-corrected chi connectivity index (χ0v) is 16.8. The summed E-state index contributed by atoms with van der Waals surface area (Å²) in [5.74, 6) is -0.573. The first kappa shape index (κ1) is 19.2. The van der Waals surface area contributed by atoms with Crippen molar-refractivity contribution < 1.29 is 13.9 Å². The number of fused-ring (bicyclic) bond motifs is 1. The molecule has 3 nitrogen and oxygen atoms in total. The van der Waals surface area contributed by atoms with Gasteiger partial charge < -0.3 is 4.74 Å². The number of benzene rings is 4. The van der Waals surface area contributed by atoms with Crippen LogP contribution in [-0.4, -0.2) is 17.4 Å². The Labute approximate surface area is 179 Å². The van der Waals surface area contributed by atoms with E-state index >= 15 is 0 Å². The van der Waals surface area contributed by atoms with E-state index in [0.29, 0.717) is 18.4 Å². The number of hydrogen-bond donors (Lipinski definition) is 0. The molecule has 0 N–H and O–H groups in total. The Morgan fingerprint density at radius 1 is 0.742 bits per heavy atom. The van der Waals surface area contributed by atoms with Gasteiger partial charge in [0.25, 0.3) is 5.91 Å². The van der Waals surface area contributed by atoms with Crippen LogP contribution in [0.2, 0.25) is 0 Å². The number of nitrogens with zero attached hydrogens (tertiary/aromatic N) is 1. The Morgan fingerprint density at radius 2 is 1.48 bits per heavy atom. The monoisotopic (exact) mass is 409 g/mol. The number of halogens is 1. The maximum absolute atomic E-state index is 13.8. The van der Waals surface area contributed by atoms with Crippen molar-refractivity contribution in [2.75, 3.05) is 0 Å². The molecule has 1 amide bonds. The van der Waals surface area contributed by atoms with Crippen molar-refractivity contribution in [1.82, 2.24) is 0 Å². The van der Waals surface area contributed by atoms with Gasteiger partial charge in [-0.2, -0.15) is 4.99 Å². The molecule has 4 heteroatoms. The lowest BCUT2D eigenvalue weighted by molar-refractivity contribution is -0.130. The molecule has 4 aromatic carbocycles. The number of aliphatic imine (C=N–C) groups is 1. The van der Waals surface area contributed by atoms with Crippen molar-refractivity contribution in [1.29, 1.82) is 0 Å². The average Bonchev–Trinajstić information content (AvgIpc) is 3.10. The van der Waals surface area contributed by atoms with Gasteiger partial charge in [0.15, 0.2) is 5.60 Å². The molecule has 1 aliphatic heterocycles. The Balaban J connectivity index is 1.53. The summed E-state index contributed by atoms with van der Waals surface area (Å²) < 4.78 is 20.0. The summed E-state index contributed by atoms with van der Waals surface area (Å²) in [5.41, 5.74) is 1.25. The molecule has 1 heterocycles. The molecule has 5 rings (SSSR count). The van der Waals surface area contributed by atoms with Gasteiger partial charge in [-0.3, -0.25) is 4.79 Å². The summed E-state index contributed by atoms with van der Waals surface area (Å²) in [7, 11) is 0. The van der Waals surface area contributed by atoms with Gasteiger partial charge in [-0.25, -0.2) is 4.39 Å². The van der Waals surface area contributed by atoms with Crippen LogP contribution in [0.15, 0.2) is 102 Å². The van der Waals surface area contributed by atoms with Crippen LogP contribution in [0.1, 0.15) is 16.7 Å². The van der Waals surface area contributed by atoms with E-state index in [1.165, 1.54) is 12.1 Å². The summed E-state index contributed by atoms with van der Waals surface area (Å²) in [6.07, 6.45) is 0.746. The van der Waals surface area contributed by atoms with E-state index in [1.807, 2.05) is 48.5 Å². The summed E-state index contributed by atoms with van der Waals surface area (Å²) >= 11 is 0. The van der Waals surface area contributed by atoms with Crippen LogP contribution >= 0.6 is 0 Å². The van der Waals surface area contributed by atoms with Crippen LogP contribution in [0.3, 0.4) is 0 Å². The van der Waals surface area contributed by atoms with Gasteiger partial charge in [0.2, 0.25) is 5.90 Å². The van der Waals surface area contributed by atoms with E-state index in [0.717, 1.165) is 21.9 Å². The van der Waals surface area contributed by atoms with Crippen LogP contribution in [0.25, 0.3) is 10.8 Å². The van der Waals surface area contributed by atoms with Crippen molar-refractivity contribution in [2.45, 2.75) is 18.4 Å². The Hall–Kier alpha value is -3.79. The molecule has 0 fully saturated rings. The Kier molecular flexibility index (Phi) is 4.83. The molecule has 152 valence electrons. The maximum atomic E-state index is 13.8. The largest absolute Gasteiger partial charge is 0.460 e. The molecule has 0 saturated carbocycles. The van der Waals surface area contributed by atoms with Crippen molar-refractivity contribution >= 4 is 22.6 Å². The maximum Gasteiger partial charge on any atom is 0.293 e. The molecule has 0 spiro atoms. The van der Waals surface area contributed by atoms with Gasteiger partial charge in [-0.05, 0) is 40.1 Å². The fraction of sp³-hybridized carbons (Fsp3) is 0.111. The quantitative estimate of drug-likeness (QED) is 0.436. The van der Waals surface area contributed by atoms with E-state index < -0.39 is 11.4 Å². The minimum Gasteiger partial charge on any atom is -0.460 e. The van der Waals surface area contributed by atoms with Crippen molar-refractivity contribution in [3.63, 3.8) is 0 Å². The first-order valence-electron chi connectivity index (χ1n) is 10.2. The normalized spacial score (nSPS) is 18.1. The summed E-state index contributed by atoms with van der Waals surface area (Å²) in [6.45, 7) is 0. The molecule has 0 unspecified atom stereocenters. The number of amides is 1. The molecule has 1 atom stereocenters. The van der Waals surface area contributed by atoms with Crippen LogP contribution < -0.4 is 0 Å². The lowest BCUT2D eigenvalue weighted by atomic mass is 9.86. The van der Waals surface area contributed by atoms with E-state index in [2.05, 4.69) is 29.3 Å². The third-order valence-electron chi connectivity index (χ3n) is 5.59. The van der Waals surface area contributed by atoms with Gasteiger partial charge in [0.05, 0.1) is 0 Å². The summed E-state index contributed by atoms with van der Waals surface area (Å²) in [4.78, 5) is 17.4. The number of carbonyl (C=O) groups excluding carboxylic acids is 1. The van der Waals surface area contributed by atoms with Gasteiger partial charge in [0.1, 0.15) is 5.82 Å². The molecule has 0 radical (unpaired) electrons. The second-order valence-corrected chi connectivity index (χ2v) is 7.85. The highest BCUT2D eigenvalue weighted by Crippen LogP contribution is 2.32. The van der Waals surface area contributed by atoms with Gasteiger partial charge in [0, 0.05) is 18.4 Å². The van der Waals surface area contributed by atoms with E-state index in [9.17, 15) is 9.18 Å². The van der Waals surface area contributed by atoms with E-state index in [1.54, 1.807) is 12.1 Å². The summed E-state index contributed by atoms with van der Waals surface area (Å²) in [6, 6.07) is 30.0. The predicted molar refractivity (Wildman–Crippen MR) is 120 cm³/mol. The third-order valence-corrected chi connectivity index (χ3v) is 5.59. The highest BCUT2D eigenvalue weighted by atomic mass is 19.1. The predicted octanol–water partition coefficient (Wildman–Crippen LogP) is 5.51. The lowest BCUT2D eigenvalue weighted by Crippen LogP contribution is -2.42. The second-order valence-electron chi connectivity index (χ2n) is 7.85. The van der Waals surface area contributed by atoms with Crippen LogP contribution in [0, 0.1) is 5.82 Å². The molecular formula is C27H20FNO2. The Bertz CT molecular complexity index is 1300. The highest BCUT2D eigenvalue weighted by Gasteiger charge is 2.47. The third kappa shape index (κ3) is 3.84. The van der Waals surface area contributed by atoms with Gasteiger partial charge in [-0.15, -0.1) is 0 Å². The van der Waals surface area contributed by atoms with E-state index in [4.69, 9.17) is 4.74 Å². The minimum absolute atomic E-state index is 0.168. The number of carbonyl (C=O) groups is 1.